The minimum atomic E-state index is -3.16. The van der Waals surface area contributed by atoms with Crippen LogP contribution >= 0.6 is 0 Å². The standard InChI is InChI=1S/C13H28N2O2S/c1-10(2)13-7-6-8-15(13)18(16,17)12(5)9-14-11(3)4/h10-14H,6-9H2,1-5H3. The van der Waals surface area contributed by atoms with Crippen LogP contribution < -0.4 is 5.32 Å². The number of rotatable bonds is 6. The van der Waals surface area contributed by atoms with E-state index >= 15 is 0 Å². The lowest BCUT2D eigenvalue weighted by molar-refractivity contribution is 0.312. The van der Waals surface area contributed by atoms with Gasteiger partial charge in [0.2, 0.25) is 10.0 Å². The number of hydrogen-bond acceptors (Lipinski definition) is 3. The average Bonchev–Trinajstić information content (AvgIpc) is 2.74. The molecule has 0 saturated carbocycles. The number of hydrogen-bond donors (Lipinski definition) is 1. The Labute approximate surface area is 112 Å². The molecule has 0 amide bonds. The first-order valence-corrected chi connectivity index (χ1v) is 8.51. The Kier molecular flexibility index (Phi) is 5.62. The van der Waals surface area contributed by atoms with Crippen LogP contribution in [0.4, 0.5) is 0 Å². The lowest BCUT2D eigenvalue weighted by Gasteiger charge is -2.30. The highest BCUT2D eigenvalue weighted by atomic mass is 32.2. The van der Waals surface area contributed by atoms with Crippen molar-refractivity contribution in [3.63, 3.8) is 0 Å². The first kappa shape index (κ1) is 15.9. The predicted molar refractivity (Wildman–Crippen MR) is 76.1 cm³/mol. The van der Waals surface area contributed by atoms with Crippen LogP contribution in [-0.2, 0) is 10.0 Å². The van der Waals surface area contributed by atoms with Crippen molar-refractivity contribution < 1.29 is 8.42 Å². The second kappa shape index (κ2) is 6.35. The monoisotopic (exact) mass is 276 g/mol. The molecule has 5 heteroatoms. The quantitative estimate of drug-likeness (QED) is 0.805. The van der Waals surface area contributed by atoms with Crippen molar-refractivity contribution in [1.82, 2.24) is 9.62 Å². The molecule has 0 spiro atoms. The lowest BCUT2D eigenvalue weighted by Crippen LogP contribution is -2.46. The van der Waals surface area contributed by atoms with Crippen molar-refractivity contribution in [1.29, 1.82) is 0 Å². The molecule has 2 atom stereocenters. The largest absolute Gasteiger partial charge is 0.313 e. The van der Waals surface area contributed by atoms with Gasteiger partial charge in [-0.05, 0) is 25.7 Å². The predicted octanol–water partition coefficient (Wildman–Crippen LogP) is 1.82. The third kappa shape index (κ3) is 3.68. The maximum Gasteiger partial charge on any atom is 0.218 e. The van der Waals surface area contributed by atoms with E-state index in [2.05, 4.69) is 19.2 Å². The van der Waals surface area contributed by atoms with E-state index in [9.17, 15) is 8.42 Å². The van der Waals surface area contributed by atoms with Gasteiger partial charge in [-0.2, -0.15) is 4.31 Å². The fourth-order valence-electron chi connectivity index (χ4n) is 2.49. The zero-order chi connectivity index (χ0) is 13.9. The summed E-state index contributed by atoms with van der Waals surface area (Å²) in [6, 6.07) is 0.513. The summed E-state index contributed by atoms with van der Waals surface area (Å²) in [7, 11) is -3.16. The first-order valence-electron chi connectivity index (χ1n) is 7.00. The molecule has 1 fully saturated rings. The van der Waals surface area contributed by atoms with E-state index in [0.29, 0.717) is 25.0 Å². The zero-order valence-corrected chi connectivity index (χ0v) is 13.1. The summed E-state index contributed by atoms with van der Waals surface area (Å²) >= 11 is 0. The van der Waals surface area contributed by atoms with Gasteiger partial charge in [0.15, 0.2) is 0 Å². The number of sulfonamides is 1. The fourth-order valence-corrected chi connectivity index (χ4v) is 4.36. The molecular formula is C13H28N2O2S. The molecule has 108 valence electrons. The van der Waals surface area contributed by atoms with Crippen molar-refractivity contribution >= 4 is 10.0 Å². The van der Waals surface area contributed by atoms with Gasteiger partial charge in [0, 0.05) is 25.2 Å². The molecule has 1 heterocycles. The van der Waals surface area contributed by atoms with E-state index in [0.717, 1.165) is 12.8 Å². The molecule has 0 aromatic heterocycles. The van der Waals surface area contributed by atoms with Crippen LogP contribution in [0, 0.1) is 5.92 Å². The Hall–Kier alpha value is -0.130. The molecule has 1 aliphatic heterocycles. The van der Waals surface area contributed by atoms with Crippen molar-refractivity contribution in [3.05, 3.63) is 0 Å². The fraction of sp³-hybridized carbons (Fsp3) is 1.00. The summed E-state index contributed by atoms with van der Waals surface area (Å²) in [5, 5.41) is 2.87. The number of nitrogens with zero attached hydrogens (tertiary/aromatic N) is 1. The molecule has 0 aromatic carbocycles. The van der Waals surface area contributed by atoms with Gasteiger partial charge in [-0.1, -0.05) is 27.7 Å². The minimum absolute atomic E-state index is 0.191. The Bertz CT molecular complexity index is 352. The van der Waals surface area contributed by atoms with E-state index in [1.807, 2.05) is 13.8 Å². The normalized spacial score (nSPS) is 24.1. The van der Waals surface area contributed by atoms with Crippen molar-refractivity contribution in [2.45, 2.75) is 64.8 Å². The van der Waals surface area contributed by atoms with Crippen molar-refractivity contribution in [2.24, 2.45) is 5.92 Å². The Balaban J connectivity index is 2.73. The SMILES string of the molecule is CC(C)NCC(C)S(=O)(=O)N1CCCC1C(C)C. The van der Waals surface area contributed by atoms with Crippen molar-refractivity contribution in [2.75, 3.05) is 13.1 Å². The highest BCUT2D eigenvalue weighted by Crippen LogP contribution is 2.28. The van der Waals surface area contributed by atoms with Crippen LogP contribution in [0.25, 0.3) is 0 Å². The number of nitrogens with one attached hydrogen (secondary N) is 1. The van der Waals surface area contributed by atoms with Crippen molar-refractivity contribution in [3.8, 4) is 0 Å². The molecule has 0 aliphatic carbocycles. The molecule has 0 bridgehead atoms. The summed E-state index contributed by atoms with van der Waals surface area (Å²) in [5.41, 5.74) is 0. The zero-order valence-electron chi connectivity index (χ0n) is 12.3. The molecule has 0 radical (unpaired) electrons. The van der Waals surface area contributed by atoms with Crippen LogP contribution in [-0.4, -0.2) is 43.1 Å². The van der Waals surface area contributed by atoms with Gasteiger partial charge >= 0.3 is 0 Å². The average molecular weight is 276 g/mol. The smallest absolute Gasteiger partial charge is 0.218 e. The van der Waals surface area contributed by atoms with Gasteiger partial charge in [-0.3, -0.25) is 0 Å². The van der Waals surface area contributed by atoms with E-state index in [1.165, 1.54) is 0 Å². The van der Waals surface area contributed by atoms with E-state index < -0.39 is 10.0 Å². The molecule has 2 unspecified atom stereocenters. The molecule has 18 heavy (non-hydrogen) atoms. The summed E-state index contributed by atoms with van der Waals surface area (Å²) < 4.78 is 26.8. The summed E-state index contributed by atoms with van der Waals surface area (Å²) in [6.45, 7) is 11.3. The summed E-state index contributed by atoms with van der Waals surface area (Å²) in [6.07, 6.45) is 1.99. The lowest BCUT2D eigenvalue weighted by atomic mass is 10.0. The van der Waals surface area contributed by atoms with E-state index in [4.69, 9.17) is 0 Å². The maximum atomic E-state index is 12.5. The summed E-state index contributed by atoms with van der Waals surface area (Å²) in [5.74, 6) is 0.396. The second-order valence-electron chi connectivity index (χ2n) is 5.98. The van der Waals surface area contributed by atoms with Crippen LogP contribution in [0.1, 0.15) is 47.5 Å². The third-order valence-corrected chi connectivity index (χ3v) is 5.96. The van der Waals surface area contributed by atoms with Crippen LogP contribution in [0.15, 0.2) is 0 Å². The minimum Gasteiger partial charge on any atom is -0.313 e. The molecule has 1 saturated heterocycles. The van der Waals surface area contributed by atoms with Crippen LogP contribution in [0.3, 0.4) is 0 Å². The maximum absolute atomic E-state index is 12.5. The van der Waals surface area contributed by atoms with Crippen LogP contribution in [0.2, 0.25) is 0 Å². The van der Waals surface area contributed by atoms with Crippen LogP contribution in [0.5, 0.6) is 0 Å². The Morgan fingerprint density at radius 3 is 2.33 bits per heavy atom. The Morgan fingerprint density at radius 2 is 1.83 bits per heavy atom. The molecular weight excluding hydrogens is 248 g/mol. The molecule has 1 rings (SSSR count). The van der Waals surface area contributed by atoms with Gasteiger partial charge < -0.3 is 5.32 Å². The van der Waals surface area contributed by atoms with E-state index in [1.54, 1.807) is 11.2 Å². The highest BCUT2D eigenvalue weighted by molar-refractivity contribution is 7.89. The van der Waals surface area contributed by atoms with Gasteiger partial charge in [0.25, 0.3) is 0 Å². The van der Waals surface area contributed by atoms with Gasteiger partial charge in [0.1, 0.15) is 0 Å². The molecule has 0 aromatic rings. The first-order chi connectivity index (χ1) is 8.26. The third-order valence-electron chi connectivity index (χ3n) is 3.67. The second-order valence-corrected chi connectivity index (χ2v) is 8.29. The van der Waals surface area contributed by atoms with Gasteiger partial charge in [-0.15, -0.1) is 0 Å². The Morgan fingerprint density at radius 1 is 1.22 bits per heavy atom. The van der Waals surface area contributed by atoms with Gasteiger partial charge in [0.05, 0.1) is 5.25 Å². The van der Waals surface area contributed by atoms with Gasteiger partial charge in [-0.25, -0.2) is 8.42 Å². The molecule has 1 aliphatic rings. The topological polar surface area (TPSA) is 49.4 Å². The molecule has 1 N–H and O–H groups in total. The molecule has 4 nitrogen and oxygen atoms in total. The summed E-state index contributed by atoms with van der Waals surface area (Å²) in [4.78, 5) is 0. The highest BCUT2D eigenvalue weighted by Gasteiger charge is 2.38. The van der Waals surface area contributed by atoms with E-state index in [-0.39, 0.29) is 11.3 Å².